The van der Waals surface area contributed by atoms with Gasteiger partial charge >= 0.3 is 0 Å². The van der Waals surface area contributed by atoms with E-state index in [0.29, 0.717) is 0 Å². The molecule has 0 spiro atoms. The van der Waals surface area contributed by atoms with Crippen LogP contribution in [0.25, 0.3) is 0 Å². The molecule has 1 N–H and O–H groups in total. The van der Waals surface area contributed by atoms with Crippen molar-refractivity contribution >= 4 is 5.91 Å². The van der Waals surface area contributed by atoms with Crippen molar-refractivity contribution in [2.24, 2.45) is 0 Å². The number of hydrogen-bond acceptors (Lipinski definition) is 1. The molecule has 0 unspecified atom stereocenters. The topological polar surface area (TPSA) is 34.0 Å². The number of rotatable bonds is 7. The molecule has 20 heavy (non-hydrogen) atoms. The molecule has 3 nitrogen and oxygen atoms in total. The van der Waals surface area contributed by atoms with Gasteiger partial charge < -0.3 is 9.88 Å². The number of hydrogen-bond donors (Lipinski definition) is 1. The first kappa shape index (κ1) is 14.4. The molecule has 0 fully saturated rings. The second kappa shape index (κ2) is 7.53. The summed E-state index contributed by atoms with van der Waals surface area (Å²) in [5.74, 6) is 0.0917. The van der Waals surface area contributed by atoms with E-state index in [1.54, 1.807) is 0 Å². The molecule has 1 amide bonds. The van der Waals surface area contributed by atoms with Crippen molar-refractivity contribution in [3.8, 4) is 0 Å². The molecule has 0 aliphatic heterocycles. The summed E-state index contributed by atoms with van der Waals surface area (Å²) >= 11 is 0. The van der Waals surface area contributed by atoms with Crippen LogP contribution in [0.4, 0.5) is 0 Å². The largest absolute Gasteiger partial charge is 0.356 e. The van der Waals surface area contributed by atoms with Gasteiger partial charge in [-0.15, -0.1) is 0 Å². The van der Waals surface area contributed by atoms with Crippen molar-refractivity contribution in [2.75, 3.05) is 6.54 Å². The van der Waals surface area contributed by atoms with Gasteiger partial charge in [0.1, 0.15) is 0 Å². The molecule has 2 rings (SSSR count). The third-order valence-electron chi connectivity index (χ3n) is 3.49. The number of carbonyl (C=O) groups excluding carboxylic acids is 1. The molecule has 1 aromatic carbocycles. The highest BCUT2D eigenvalue weighted by atomic mass is 16.1. The normalized spacial score (nSPS) is 12.1. The minimum absolute atomic E-state index is 0.0391. The lowest BCUT2D eigenvalue weighted by Crippen LogP contribution is -2.30. The summed E-state index contributed by atoms with van der Waals surface area (Å²) in [5, 5.41) is 3.04. The molecule has 1 aromatic heterocycles. The van der Waals surface area contributed by atoms with E-state index in [9.17, 15) is 4.79 Å². The van der Waals surface area contributed by atoms with Gasteiger partial charge in [0, 0.05) is 25.5 Å². The van der Waals surface area contributed by atoms with E-state index in [-0.39, 0.29) is 11.8 Å². The average molecular weight is 270 g/mol. The van der Waals surface area contributed by atoms with Crippen molar-refractivity contribution < 1.29 is 4.79 Å². The Labute approximate surface area is 120 Å². The van der Waals surface area contributed by atoms with Gasteiger partial charge in [-0.3, -0.25) is 4.79 Å². The minimum atomic E-state index is -0.0391. The van der Waals surface area contributed by atoms with Crippen LogP contribution in [0.3, 0.4) is 0 Å². The Bertz CT molecular complexity index is 505. The number of nitrogens with zero attached hydrogens (tertiary/aromatic N) is 1. The van der Waals surface area contributed by atoms with Crippen LogP contribution in [0.2, 0.25) is 0 Å². The van der Waals surface area contributed by atoms with Gasteiger partial charge in [0.2, 0.25) is 5.91 Å². The van der Waals surface area contributed by atoms with Crippen molar-refractivity contribution in [2.45, 2.75) is 32.2 Å². The zero-order valence-electron chi connectivity index (χ0n) is 12.0. The third kappa shape index (κ3) is 3.98. The first-order valence-corrected chi connectivity index (χ1v) is 7.24. The Kier molecular flexibility index (Phi) is 5.42. The molecule has 3 heteroatoms. The van der Waals surface area contributed by atoms with E-state index in [1.807, 2.05) is 54.9 Å². The van der Waals surface area contributed by atoms with Crippen LogP contribution in [0.15, 0.2) is 54.9 Å². The van der Waals surface area contributed by atoms with E-state index in [0.717, 1.165) is 31.5 Å². The molecule has 1 heterocycles. The van der Waals surface area contributed by atoms with Crippen LogP contribution in [0.1, 0.15) is 31.2 Å². The minimum Gasteiger partial charge on any atom is -0.356 e. The molecule has 106 valence electrons. The van der Waals surface area contributed by atoms with Gasteiger partial charge in [0.25, 0.3) is 0 Å². The number of benzene rings is 1. The Morgan fingerprint density at radius 2 is 1.85 bits per heavy atom. The summed E-state index contributed by atoms with van der Waals surface area (Å²) in [6.45, 7) is 3.72. The molecule has 0 saturated carbocycles. The van der Waals surface area contributed by atoms with Crippen molar-refractivity contribution in [1.82, 2.24) is 9.88 Å². The number of carbonyl (C=O) groups is 1. The second-order valence-corrected chi connectivity index (χ2v) is 4.94. The molecule has 0 aliphatic rings. The van der Waals surface area contributed by atoms with Crippen molar-refractivity contribution in [3.05, 3.63) is 60.4 Å². The second-order valence-electron chi connectivity index (χ2n) is 4.94. The van der Waals surface area contributed by atoms with Crippen LogP contribution in [0, 0.1) is 0 Å². The summed E-state index contributed by atoms with van der Waals surface area (Å²) in [7, 11) is 0. The fraction of sp³-hybridized carbons (Fsp3) is 0.353. The fourth-order valence-electron chi connectivity index (χ4n) is 2.37. The van der Waals surface area contributed by atoms with Gasteiger partial charge in [0.15, 0.2) is 0 Å². The zero-order valence-corrected chi connectivity index (χ0v) is 12.0. The smallest absolute Gasteiger partial charge is 0.227 e. The van der Waals surface area contributed by atoms with Crippen molar-refractivity contribution in [1.29, 1.82) is 0 Å². The molecular weight excluding hydrogens is 248 g/mol. The third-order valence-corrected chi connectivity index (χ3v) is 3.49. The summed E-state index contributed by atoms with van der Waals surface area (Å²) in [5.41, 5.74) is 1.10. The van der Waals surface area contributed by atoms with Crippen LogP contribution >= 0.6 is 0 Å². The molecule has 2 aromatic rings. The summed E-state index contributed by atoms with van der Waals surface area (Å²) in [6, 6.07) is 14.0. The van der Waals surface area contributed by atoms with Crippen LogP contribution in [-0.4, -0.2) is 17.0 Å². The van der Waals surface area contributed by atoms with E-state index in [4.69, 9.17) is 0 Å². The summed E-state index contributed by atoms with van der Waals surface area (Å²) in [4.78, 5) is 12.2. The van der Waals surface area contributed by atoms with E-state index in [2.05, 4.69) is 16.8 Å². The quantitative estimate of drug-likeness (QED) is 0.770. The molecular formula is C17H22N2O. The van der Waals surface area contributed by atoms with E-state index >= 15 is 0 Å². The van der Waals surface area contributed by atoms with Gasteiger partial charge in [-0.05, 0) is 30.5 Å². The van der Waals surface area contributed by atoms with Crippen molar-refractivity contribution in [3.63, 3.8) is 0 Å². The van der Waals surface area contributed by atoms with E-state index < -0.39 is 0 Å². The lowest BCUT2D eigenvalue weighted by molar-refractivity contribution is -0.122. The Balaban J connectivity index is 1.78. The number of nitrogens with one attached hydrogen (secondary N) is 1. The Morgan fingerprint density at radius 1 is 1.15 bits per heavy atom. The molecule has 1 atom stereocenters. The zero-order chi connectivity index (χ0) is 14.2. The van der Waals surface area contributed by atoms with Gasteiger partial charge in [-0.2, -0.15) is 0 Å². The monoisotopic (exact) mass is 270 g/mol. The predicted molar refractivity (Wildman–Crippen MR) is 81.5 cm³/mol. The highest BCUT2D eigenvalue weighted by Gasteiger charge is 2.17. The van der Waals surface area contributed by atoms with Crippen LogP contribution < -0.4 is 5.32 Å². The van der Waals surface area contributed by atoms with Gasteiger partial charge in [-0.25, -0.2) is 0 Å². The lowest BCUT2D eigenvalue weighted by atomic mass is 9.96. The fourth-order valence-corrected chi connectivity index (χ4v) is 2.37. The first-order valence-electron chi connectivity index (χ1n) is 7.24. The highest BCUT2D eigenvalue weighted by Crippen LogP contribution is 2.19. The summed E-state index contributed by atoms with van der Waals surface area (Å²) in [6.07, 6.45) is 5.86. The number of amides is 1. The maximum Gasteiger partial charge on any atom is 0.227 e. The standard InChI is InChI=1S/C17H22N2O/c1-2-16(15-9-4-3-5-10-15)17(20)18-11-8-14-19-12-6-7-13-19/h3-7,9-10,12-13,16H,2,8,11,14H2,1H3,(H,18,20)/t16-/m1/s1. The SMILES string of the molecule is CC[C@@H](C(=O)NCCCn1cccc1)c1ccccc1. The van der Waals surface area contributed by atoms with Gasteiger partial charge in [0.05, 0.1) is 5.92 Å². The average Bonchev–Trinajstić information content (AvgIpc) is 2.99. The Morgan fingerprint density at radius 3 is 2.50 bits per heavy atom. The van der Waals surface area contributed by atoms with Crippen LogP contribution in [-0.2, 0) is 11.3 Å². The lowest BCUT2D eigenvalue weighted by Gasteiger charge is -2.15. The number of aryl methyl sites for hydroxylation is 1. The maximum atomic E-state index is 12.2. The Hall–Kier alpha value is -2.03. The summed E-state index contributed by atoms with van der Waals surface area (Å²) < 4.78 is 2.13. The van der Waals surface area contributed by atoms with Crippen LogP contribution in [0.5, 0.6) is 0 Å². The molecule has 0 aliphatic carbocycles. The maximum absolute atomic E-state index is 12.2. The molecule has 0 radical (unpaired) electrons. The molecule has 0 bridgehead atoms. The van der Waals surface area contributed by atoms with E-state index in [1.165, 1.54) is 0 Å². The first-order chi connectivity index (χ1) is 9.81. The molecule has 0 saturated heterocycles. The predicted octanol–water partition coefficient (Wildman–Crippen LogP) is 3.19. The number of aromatic nitrogens is 1. The highest BCUT2D eigenvalue weighted by molar-refractivity contribution is 5.83. The van der Waals surface area contributed by atoms with Gasteiger partial charge in [-0.1, -0.05) is 37.3 Å².